The molecule has 4 rings (SSSR count). The van der Waals surface area contributed by atoms with Crippen molar-refractivity contribution in [2.24, 2.45) is 0 Å². The topological polar surface area (TPSA) is 63.9 Å². The van der Waals surface area contributed by atoms with E-state index in [1.807, 2.05) is 42.5 Å². The van der Waals surface area contributed by atoms with Crippen LogP contribution in [0.2, 0.25) is 5.02 Å². The van der Waals surface area contributed by atoms with E-state index in [9.17, 15) is 4.79 Å². The third kappa shape index (κ3) is 2.65. The average molecular weight is 340 g/mol. The van der Waals surface area contributed by atoms with E-state index >= 15 is 0 Å². The molecule has 0 unspecified atom stereocenters. The van der Waals surface area contributed by atoms with E-state index in [2.05, 4.69) is 15.4 Å². The molecule has 0 saturated carbocycles. The van der Waals surface area contributed by atoms with E-state index < -0.39 is 0 Å². The number of halogens is 1. The molecule has 3 aromatic rings. The van der Waals surface area contributed by atoms with Gasteiger partial charge in [-0.25, -0.2) is 0 Å². The summed E-state index contributed by atoms with van der Waals surface area (Å²) < 4.78 is 0. The minimum absolute atomic E-state index is 0.0474. The fraction of sp³-hybridized carbons (Fsp3) is 0.176. The van der Waals surface area contributed by atoms with Crippen LogP contribution in [-0.2, 0) is 17.8 Å². The van der Waals surface area contributed by atoms with Crippen molar-refractivity contribution in [3.8, 4) is 11.4 Å². The van der Waals surface area contributed by atoms with Crippen LogP contribution in [-0.4, -0.2) is 32.7 Å². The van der Waals surface area contributed by atoms with Gasteiger partial charge in [0.15, 0.2) is 0 Å². The molecule has 7 heteroatoms. The maximum Gasteiger partial charge on any atom is 0.250 e. The van der Waals surface area contributed by atoms with Crippen LogP contribution in [0.15, 0.2) is 48.5 Å². The van der Waals surface area contributed by atoms with Gasteiger partial charge in [0.05, 0.1) is 5.02 Å². The molecule has 120 valence electrons. The summed E-state index contributed by atoms with van der Waals surface area (Å²) >= 11 is 6.14. The number of hydrogen-bond acceptors (Lipinski definition) is 4. The number of nitrogens with zero attached hydrogens (tertiary/aromatic N) is 5. The van der Waals surface area contributed by atoms with Gasteiger partial charge in [0.1, 0.15) is 6.54 Å². The maximum atomic E-state index is 12.6. The molecular formula is C17H14ClN5O. The number of carbonyl (C=O) groups is 1. The van der Waals surface area contributed by atoms with Gasteiger partial charge in [-0.2, -0.15) is 4.80 Å². The van der Waals surface area contributed by atoms with Crippen molar-refractivity contribution in [3.05, 3.63) is 59.1 Å². The molecule has 0 atom stereocenters. The summed E-state index contributed by atoms with van der Waals surface area (Å²) in [6.07, 6.45) is 0.873. The zero-order valence-electron chi connectivity index (χ0n) is 12.8. The minimum Gasteiger partial charge on any atom is -0.310 e. The van der Waals surface area contributed by atoms with Crippen LogP contribution < -0.4 is 4.90 Å². The summed E-state index contributed by atoms with van der Waals surface area (Å²) in [6.45, 7) is 0.732. The standard InChI is InChI=1S/C17H14ClN5O/c18-14-7-3-2-6-13(14)17-19-21-23(20-17)11-16(24)22-10-9-12-5-1-4-8-15(12)22/h1-8H,9-11H2. The second kappa shape index (κ2) is 6.05. The van der Waals surface area contributed by atoms with E-state index in [0.29, 0.717) is 23.0 Å². The molecule has 1 amide bonds. The monoisotopic (exact) mass is 339 g/mol. The van der Waals surface area contributed by atoms with Gasteiger partial charge in [0.2, 0.25) is 5.82 Å². The van der Waals surface area contributed by atoms with E-state index in [1.54, 1.807) is 11.0 Å². The van der Waals surface area contributed by atoms with E-state index in [-0.39, 0.29) is 12.5 Å². The number of carbonyl (C=O) groups excluding carboxylic acids is 1. The Morgan fingerprint density at radius 1 is 1.12 bits per heavy atom. The van der Waals surface area contributed by atoms with Gasteiger partial charge in [-0.05, 0) is 35.4 Å². The zero-order chi connectivity index (χ0) is 16.5. The predicted octanol–water partition coefficient (Wildman–Crippen LogP) is 2.58. The number of para-hydroxylation sites is 1. The number of hydrogen-bond donors (Lipinski definition) is 0. The summed E-state index contributed by atoms with van der Waals surface area (Å²) in [5.41, 5.74) is 2.85. The second-order valence-corrected chi connectivity index (χ2v) is 5.95. The quantitative estimate of drug-likeness (QED) is 0.735. The highest BCUT2D eigenvalue weighted by molar-refractivity contribution is 6.33. The molecule has 0 aliphatic carbocycles. The first kappa shape index (κ1) is 14.8. The Morgan fingerprint density at radius 3 is 2.79 bits per heavy atom. The summed E-state index contributed by atoms with van der Waals surface area (Å²) in [4.78, 5) is 15.6. The molecule has 0 N–H and O–H groups in total. The summed E-state index contributed by atoms with van der Waals surface area (Å²) in [5.74, 6) is 0.360. The molecule has 6 nitrogen and oxygen atoms in total. The predicted molar refractivity (Wildman–Crippen MR) is 90.8 cm³/mol. The molecule has 0 radical (unpaired) electrons. The number of anilines is 1. The number of rotatable bonds is 3. The van der Waals surface area contributed by atoms with E-state index in [0.717, 1.165) is 12.1 Å². The van der Waals surface area contributed by atoms with Crippen molar-refractivity contribution in [1.82, 2.24) is 20.2 Å². The smallest absolute Gasteiger partial charge is 0.250 e. The molecule has 1 aliphatic heterocycles. The van der Waals surface area contributed by atoms with Crippen molar-refractivity contribution in [1.29, 1.82) is 0 Å². The van der Waals surface area contributed by atoms with Gasteiger partial charge in [0, 0.05) is 17.8 Å². The summed E-state index contributed by atoms with van der Waals surface area (Å²) in [6, 6.07) is 15.2. The highest BCUT2D eigenvalue weighted by Gasteiger charge is 2.25. The first-order chi connectivity index (χ1) is 11.7. The molecule has 1 aromatic heterocycles. The van der Waals surface area contributed by atoms with E-state index in [1.165, 1.54) is 10.4 Å². The summed E-state index contributed by atoms with van der Waals surface area (Å²) in [5, 5.41) is 12.8. The third-order valence-electron chi connectivity index (χ3n) is 4.03. The maximum absolute atomic E-state index is 12.6. The first-order valence-corrected chi connectivity index (χ1v) is 8.01. The first-order valence-electron chi connectivity index (χ1n) is 7.63. The molecule has 0 spiro atoms. The Morgan fingerprint density at radius 2 is 1.92 bits per heavy atom. The lowest BCUT2D eigenvalue weighted by molar-refractivity contribution is -0.119. The average Bonchev–Trinajstić information content (AvgIpc) is 3.22. The third-order valence-corrected chi connectivity index (χ3v) is 4.36. The molecular weight excluding hydrogens is 326 g/mol. The molecule has 0 bridgehead atoms. The SMILES string of the molecule is O=C(Cn1nnc(-c2ccccc2Cl)n1)N1CCc2ccccc21. The Kier molecular flexibility index (Phi) is 3.74. The van der Waals surface area contributed by atoms with Crippen molar-refractivity contribution in [2.45, 2.75) is 13.0 Å². The second-order valence-electron chi connectivity index (χ2n) is 5.55. The van der Waals surface area contributed by atoms with Crippen LogP contribution >= 0.6 is 11.6 Å². The highest BCUT2D eigenvalue weighted by Crippen LogP contribution is 2.27. The number of amides is 1. The zero-order valence-corrected chi connectivity index (χ0v) is 13.5. The van der Waals surface area contributed by atoms with Gasteiger partial charge < -0.3 is 4.90 Å². The molecule has 0 fully saturated rings. The molecule has 24 heavy (non-hydrogen) atoms. The van der Waals surface area contributed by atoms with Crippen LogP contribution in [0.3, 0.4) is 0 Å². The summed E-state index contributed by atoms with van der Waals surface area (Å²) in [7, 11) is 0. The lowest BCUT2D eigenvalue weighted by atomic mass is 10.2. The Bertz CT molecular complexity index is 907. The molecule has 2 aromatic carbocycles. The van der Waals surface area contributed by atoms with Crippen molar-refractivity contribution in [3.63, 3.8) is 0 Å². The van der Waals surface area contributed by atoms with Gasteiger partial charge in [-0.1, -0.05) is 41.9 Å². The highest BCUT2D eigenvalue weighted by atomic mass is 35.5. The number of benzene rings is 2. The lowest BCUT2D eigenvalue weighted by Crippen LogP contribution is -2.32. The van der Waals surface area contributed by atoms with Crippen LogP contribution in [0.25, 0.3) is 11.4 Å². The van der Waals surface area contributed by atoms with Gasteiger partial charge in [-0.3, -0.25) is 4.79 Å². The number of tetrazole rings is 1. The fourth-order valence-electron chi connectivity index (χ4n) is 2.86. The van der Waals surface area contributed by atoms with Gasteiger partial charge >= 0.3 is 0 Å². The largest absolute Gasteiger partial charge is 0.310 e. The van der Waals surface area contributed by atoms with E-state index in [4.69, 9.17) is 11.6 Å². The van der Waals surface area contributed by atoms with Crippen molar-refractivity contribution >= 4 is 23.2 Å². The van der Waals surface area contributed by atoms with Crippen LogP contribution in [0, 0.1) is 0 Å². The van der Waals surface area contributed by atoms with Crippen LogP contribution in [0.4, 0.5) is 5.69 Å². The minimum atomic E-state index is -0.0527. The Labute approximate surface area is 143 Å². The molecule has 2 heterocycles. The van der Waals surface area contributed by atoms with Crippen LogP contribution in [0.5, 0.6) is 0 Å². The molecule has 1 aliphatic rings. The van der Waals surface area contributed by atoms with Gasteiger partial charge in [-0.15, -0.1) is 10.2 Å². The fourth-order valence-corrected chi connectivity index (χ4v) is 3.08. The number of fused-ring (bicyclic) bond motifs is 1. The van der Waals surface area contributed by atoms with Crippen LogP contribution in [0.1, 0.15) is 5.56 Å². The molecule has 0 saturated heterocycles. The Hall–Kier alpha value is -2.73. The lowest BCUT2D eigenvalue weighted by Gasteiger charge is -2.16. The number of aromatic nitrogens is 4. The van der Waals surface area contributed by atoms with Crippen molar-refractivity contribution < 1.29 is 4.79 Å². The van der Waals surface area contributed by atoms with Gasteiger partial charge in [0.25, 0.3) is 5.91 Å². The normalized spacial score (nSPS) is 13.1. The Balaban J connectivity index is 1.53. The van der Waals surface area contributed by atoms with Crippen molar-refractivity contribution in [2.75, 3.05) is 11.4 Å².